The van der Waals surface area contributed by atoms with Crippen molar-refractivity contribution in [3.05, 3.63) is 64.5 Å². The van der Waals surface area contributed by atoms with Gasteiger partial charge in [-0.1, -0.05) is 29.8 Å². The van der Waals surface area contributed by atoms with Crippen LogP contribution in [-0.4, -0.2) is 29.1 Å². The molecule has 0 bridgehead atoms. The van der Waals surface area contributed by atoms with E-state index in [-0.39, 0.29) is 17.7 Å². The molecule has 3 rings (SSSR count). The Labute approximate surface area is 151 Å². The first-order valence-electron chi connectivity index (χ1n) is 7.99. The molecule has 1 aliphatic heterocycles. The second-order valence-electron chi connectivity index (χ2n) is 5.83. The Morgan fingerprint density at radius 3 is 2.88 bits per heavy atom. The van der Waals surface area contributed by atoms with Gasteiger partial charge in [0.1, 0.15) is 0 Å². The fraction of sp³-hybridized carbons (Fsp3) is 0.333. The first-order valence-corrected chi connectivity index (χ1v) is 9.35. The molecule has 0 N–H and O–H groups in total. The van der Waals surface area contributed by atoms with Gasteiger partial charge >= 0.3 is 0 Å². The molecule has 2 aromatic rings. The normalized spacial score (nSPS) is 17.2. The molecule has 0 radical (unpaired) electrons. The van der Waals surface area contributed by atoms with E-state index in [1.165, 1.54) is 18.0 Å². The SMILES string of the molecule is O=C(CSc1cccc[n+]1[O-])N1CCCC1Cc1ccccc1Cl. The third-order valence-electron chi connectivity index (χ3n) is 4.24. The lowest BCUT2D eigenvalue weighted by Gasteiger charge is -2.25. The molecule has 0 spiro atoms. The van der Waals surface area contributed by atoms with Crippen LogP contribution in [0.2, 0.25) is 5.02 Å². The number of aromatic nitrogens is 1. The molecule has 1 amide bonds. The third kappa shape index (κ3) is 4.02. The summed E-state index contributed by atoms with van der Waals surface area (Å²) in [7, 11) is 0. The van der Waals surface area contributed by atoms with E-state index in [1.807, 2.05) is 29.2 Å². The minimum atomic E-state index is 0.0819. The quantitative estimate of drug-likeness (QED) is 0.466. The first kappa shape index (κ1) is 17.1. The highest BCUT2D eigenvalue weighted by molar-refractivity contribution is 7.99. The molecule has 0 saturated carbocycles. The van der Waals surface area contributed by atoms with E-state index in [0.29, 0.717) is 5.03 Å². The van der Waals surface area contributed by atoms with Gasteiger partial charge < -0.3 is 10.1 Å². The summed E-state index contributed by atoms with van der Waals surface area (Å²) < 4.78 is 0.795. The molecule has 1 saturated heterocycles. The van der Waals surface area contributed by atoms with Crippen molar-refractivity contribution in [3.8, 4) is 0 Å². The molecule has 1 aromatic heterocycles. The average molecular weight is 363 g/mol. The maximum absolute atomic E-state index is 12.6. The molecule has 1 unspecified atom stereocenters. The van der Waals surface area contributed by atoms with Crippen LogP contribution >= 0.6 is 23.4 Å². The number of carbonyl (C=O) groups is 1. The van der Waals surface area contributed by atoms with Crippen LogP contribution in [0.15, 0.2) is 53.7 Å². The van der Waals surface area contributed by atoms with E-state index in [4.69, 9.17) is 11.6 Å². The number of hydrogen-bond donors (Lipinski definition) is 0. The number of halogens is 1. The van der Waals surface area contributed by atoms with Crippen LogP contribution in [0, 0.1) is 5.21 Å². The van der Waals surface area contributed by atoms with Crippen molar-refractivity contribution in [3.63, 3.8) is 0 Å². The van der Waals surface area contributed by atoms with Gasteiger partial charge in [0, 0.05) is 29.7 Å². The van der Waals surface area contributed by atoms with Crippen molar-refractivity contribution in [1.82, 2.24) is 4.90 Å². The molecule has 2 heterocycles. The van der Waals surface area contributed by atoms with Crippen molar-refractivity contribution in [2.45, 2.75) is 30.3 Å². The van der Waals surface area contributed by atoms with Crippen molar-refractivity contribution in [2.75, 3.05) is 12.3 Å². The topological polar surface area (TPSA) is 47.2 Å². The Kier molecular flexibility index (Phi) is 5.63. The van der Waals surface area contributed by atoms with E-state index in [0.717, 1.165) is 41.1 Å². The molecule has 6 heteroatoms. The zero-order valence-corrected chi connectivity index (χ0v) is 14.8. The maximum Gasteiger partial charge on any atom is 0.251 e. The molecule has 24 heavy (non-hydrogen) atoms. The number of carbonyl (C=O) groups excluding carboxylic acids is 1. The highest BCUT2D eigenvalue weighted by Gasteiger charge is 2.29. The molecule has 4 nitrogen and oxygen atoms in total. The molecular weight excluding hydrogens is 344 g/mol. The van der Waals surface area contributed by atoms with E-state index in [1.54, 1.807) is 18.2 Å². The minimum Gasteiger partial charge on any atom is -0.618 e. The Morgan fingerprint density at radius 1 is 1.29 bits per heavy atom. The summed E-state index contributed by atoms with van der Waals surface area (Å²) in [6.45, 7) is 0.778. The molecular formula is C18H19ClN2O2S. The van der Waals surface area contributed by atoms with Gasteiger partial charge in [0.2, 0.25) is 5.91 Å². The number of amides is 1. The molecule has 1 aliphatic rings. The van der Waals surface area contributed by atoms with Crippen LogP contribution < -0.4 is 4.73 Å². The number of benzene rings is 1. The van der Waals surface area contributed by atoms with Crippen molar-refractivity contribution >= 4 is 29.3 Å². The Morgan fingerprint density at radius 2 is 2.08 bits per heavy atom. The molecule has 1 fully saturated rings. The van der Waals surface area contributed by atoms with Crippen LogP contribution in [0.3, 0.4) is 0 Å². The fourth-order valence-corrected chi connectivity index (χ4v) is 4.05. The highest BCUT2D eigenvalue weighted by Crippen LogP contribution is 2.26. The summed E-state index contributed by atoms with van der Waals surface area (Å²) in [6.07, 6.45) is 4.23. The van der Waals surface area contributed by atoms with Gasteiger partial charge in [-0.05, 0) is 48.7 Å². The summed E-state index contributed by atoms with van der Waals surface area (Å²) in [4.78, 5) is 14.5. The standard InChI is InChI=1S/C18H19ClN2O2S/c19-16-8-2-1-6-14(16)12-15-7-5-10-20(15)17(22)13-24-18-9-3-4-11-21(18)23/h1-4,6,8-9,11,15H,5,7,10,12-13H2. The summed E-state index contributed by atoms with van der Waals surface area (Å²) in [5.74, 6) is 0.365. The van der Waals surface area contributed by atoms with Gasteiger partial charge in [-0.2, -0.15) is 4.73 Å². The van der Waals surface area contributed by atoms with Crippen molar-refractivity contribution in [2.24, 2.45) is 0 Å². The van der Waals surface area contributed by atoms with Gasteiger partial charge in [-0.3, -0.25) is 4.79 Å². The van der Waals surface area contributed by atoms with Crippen LogP contribution in [-0.2, 0) is 11.2 Å². The summed E-state index contributed by atoms with van der Waals surface area (Å²) in [6, 6.07) is 13.2. The number of rotatable bonds is 5. The molecule has 1 atom stereocenters. The molecule has 0 aliphatic carbocycles. The highest BCUT2D eigenvalue weighted by atomic mass is 35.5. The van der Waals surface area contributed by atoms with Crippen molar-refractivity contribution < 1.29 is 9.52 Å². The maximum atomic E-state index is 12.6. The first-order chi connectivity index (χ1) is 11.6. The van der Waals surface area contributed by atoms with Crippen LogP contribution in [0.5, 0.6) is 0 Å². The third-order valence-corrected chi connectivity index (χ3v) is 5.61. The van der Waals surface area contributed by atoms with Gasteiger partial charge in [-0.25, -0.2) is 0 Å². The zero-order valence-electron chi connectivity index (χ0n) is 13.2. The Hall–Kier alpha value is -1.72. The van der Waals surface area contributed by atoms with E-state index >= 15 is 0 Å². The number of thioether (sulfide) groups is 1. The van der Waals surface area contributed by atoms with Crippen LogP contribution in [0.1, 0.15) is 18.4 Å². The van der Waals surface area contributed by atoms with E-state index in [2.05, 4.69) is 0 Å². The smallest absolute Gasteiger partial charge is 0.251 e. The van der Waals surface area contributed by atoms with Gasteiger partial charge in [-0.15, -0.1) is 0 Å². The second kappa shape index (κ2) is 7.90. The number of nitrogens with zero attached hydrogens (tertiary/aromatic N) is 2. The fourth-order valence-electron chi connectivity index (χ4n) is 3.04. The minimum absolute atomic E-state index is 0.0819. The van der Waals surface area contributed by atoms with Gasteiger partial charge in [0.15, 0.2) is 6.20 Å². The summed E-state index contributed by atoms with van der Waals surface area (Å²) in [5, 5.41) is 13.0. The lowest BCUT2D eigenvalue weighted by atomic mass is 10.0. The molecule has 1 aromatic carbocycles. The van der Waals surface area contributed by atoms with Crippen LogP contribution in [0.25, 0.3) is 0 Å². The summed E-state index contributed by atoms with van der Waals surface area (Å²) in [5.41, 5.74) is 1.08. The van der Waals surface area contributed by atoms with E-state index < -0.39 is 0 Å². The number of hydrogen-bond acceptors (Lipinski definition) is 3. The van der Waals surface area contributed by atoms with Crippen molar-refractivity contribution in [1.29, 1.82) is 0 Å². The second-order valence-corrected chi connectivity index (χ2v) is 7.23. The molecule has 126 valence electrons. The Bertz CT molecular complexity index is 726. The zero-order chi connectivity index (χ0) is 16.9. The van der Waals surface area contributed by atoms with Gasteiger partial charge in [0.05, 0.1) is 5.75 Å². The largest absolute Gasteiger partial charge is 0.618 e. The van der Waals surface area contributed by atoms with E-state index in [9.17, 15) is 10.0 Å². The Balaban J connectivity index is 1.61. The predicted molar refractivity (Wildman–Crippen MR) is 96.0 cm³/mol. The summed E-state index contributed by atoms with van der Waals surface area (Å²) >= 11 is 7.53. The lowest BCUT2D eigenvalue weighted by Crippen LogP contribution is -2.38. The van der Waals surface area contributed by atoms with Gasteiger partial charge in [0.25, 0.3) is 5.03 Å². The van der Waals surface area contributed by atoms with Crippen LogP contribution in [0.4, 0.5) is 0 Å². The number of pyridine rings is 1. The lowest BCUT2D eigenvalue weighted by molar-refractivity contribution is -0.645. The number of likely N-dealkylation sites (tertiary alicyclic amines) is 1. The average Bonchev–Trinajstić information content (AvgIpc) is 3.04. The predicted octanol–water partition coefficient (Wildman–Crippen LogP) is 3.30. The monoisotopic (exact) mass is 362 g/mol.